The molecule has 0 bridgehead atoms. The van der Waals surface area contributed by atoms with Gasteiger partial charge in [-0.25, -0.2) is 0 Å². The first-order chi connectivity index (χ1) is 3.35. The summed E-state index contributed by atoms with van der Waals surface area (Å²) in [4.78, 5) is 0. The molecular weight excluding hydrogens is 132 g/mol. The van der Waals surface area contributed by atoms with Crippen molar-refractivity contribution in [3.63, 3.8) is 0 Å². The van der Waals surface area contributed by atoms with Gasteiger partial charge < -0.3 is 9.47 Å². The lowest BCUT2D eigenvalue weighted by atomic mass is 11.3. The fourth-order valence-corrected chi connectivity index (χ4v) is 0.898. The maximum absolute atomic E-state index is 5.35. The molecule has 42 valence electrons. The first-order valence-electron chi connectivity index (χ1n) is 1.77. The molecule has 0 aliphatic carbocycles. The van der Waals surface area contributed by atoms with E-state index in [1.54, 1.807) is 14.2 Å². The van der Waals surface area contributed by atoms with E-state index < -0.39 is 0 Å². The van der Waals surface area contributed by atoms with Gasteiger partial charge in [0.1, 0.15) is 0 Å². The number of ether oxygens (including phenoxy) is 2. The van der Waals surface area contributed by atoms with E-state index in [0.717, 1.165) is 0 Å². The smallest absolute Gasteiger partial charge is 0.244 e. The van der Waals surface area contributed by atoms with Gasteiger partial charge in [0.05, 0.1) is 0 Å². The topological polar surface area (TPSA) is 18.5 Å². The number of methoxy groups -OCH3 is 2. The molecule has 0 saturated carbocycles. The van der Waals surface area contributed by atoms with Crippen molar-refractivity contribution >= 4 is 19.9 Å². The van der Waals surface area contributed by atoms with Crippen LogP contribution in [0.15, 0.2) is 0 Å². The highest BCUT2D eigenvalue weighted by Gasteiger charge is 2.01. The first-order valence-corrected chi connectivity index (χ1v) is 3.85. The minimum absolute atomic E-state index is 0.177. The molecule has 0 saturated heterocycles. The minimum Gasteiger partial charge on any atom is -0.359 e. The lowest BCUT2D eigenvalue weighted by Crippen LogP contribution is -2.16. The Bertz CT molecular complexity index is 34.4. The van der Waals surface area contributed by atoms with E-state index in [4.69, 9.17) is 20.6 Å². The van der Waals surface area contributed by atoms with Crippen LogP contribution >= 0.6 is 11.1 Å². The summed E-state index contributed by atoms with van der Waals surface area (Å²) in [6.07, 6.45) is 0. The van der Waals surface area contributed by atoms with Gasteiger partial charge in [0, 0.05) is 14.2 Å². The van der Waals surface area contributed by atoms with Crippen LogP contribution in [0.25, 0.3) is 0 Å². The monoisotopic (exact) mass is 138 g/mol. The van der Waals surface area contributed by atoms with E-state index in [0.29, 0.717) is 0 Å². The Kier molecular flexibility index (Phi) is 4.86. The quantitative estimate of drug-likeness (QED) is 0.320. The van der Waals surface area contributed by atoms with Gasteiger partial charge in [0.15, 0.2) is 5.91 Å². The summed E-state index contributed by atoms with van der Waals surface area (Å²) >= 11 is 5.35. The summed E-state index contributed by atoms with van der Waals surface area (Å²) in [5.74, 6) is -0.221. The van der Waals surface area contributed by atoms with Crippen molar-refractivity contribution in [1.82, 2.24) is 0 Å². The zero-order valence-corrected chi connectivity index (χ0v) is 6.03. The van der Waals surface area contributed by atoms with Crippen molar-refractivity contribution < 1.29 is 9.47 Å². The van der Waals surface area contributed by atoms with E-state index in [1.165, 1.54) is 0 Å². The highest BCUT2D eigenvalue weighted by atomic mass is 35.6. The molecule has 0 amide bonds. The average molecular weight is 139 g/mol. The fourth-order valence-electron chi connectivity index (χ4n) is 0.185. The largest absolute Gasteiger partial charge is 0.359 e. The lowest BCUT2D eigenvalue weighted by molar-refractivity contribution is -0.0422. The number of hydrogen-bond acceptors (Lipinski definition) is 2. The third-order valence-corrected chi connectivity index (χ3v) is 1.70. The molecule has 0 aromatic rings. The summed E-state index contributed by atoms with van der Waals surface area (Å²) < 4.78 is 9.41. The van der Waals surface area contributed by atoms with Gasteiger partial charge in [-0.15, -0.1) is 0 Å². The van der Waals surface area contributed by atoms with Gasteiger partial charge in [-0.3, -0.25) is 0 Å². The van der Waals surface area contributed by atoms with E-state index >= 15 is 0 Å². The van der Waals surface area contributed by atoms with E-state index in [9.17, 15) is 0 Å². The van der Waals surface area contributed by atoms with Crippen molar-refractivity contribution in [2.24, 2.45) is 0 Å². The average Bonchev–Trinajstić information content (AvgIpc) is 1.72. The van der Waals surface area contributed by atoms with Crippen molar-refractivity contribution in [3.8, 4) is 0 Å². The maximum Gasteiger partial charge on any atom is 0.244 e. The predicted octanol–water partition coefficient (Wildman–Crippen LogP) is 0.421. The summed E-state index contributed by atoms with van der Waals surface area (Å²) in [6.45, 7) is 0. The molecule has 4 heteroatoms. The minimum atomic E-state index is -0.221. The molecule has 0 heterocycles. The maximum atomic E-state index is 5.35. The number of halogens is 1. The Morgan fingerprint density at radius 2 is 1.86 bits per heavy atom. The molecule has 0 N–H and O–H groups in total. The summed E-state index contributed by atoms with van der Waals surface area (Å²) in [5.41, 5.74) is 0. The van der Waals surface area contributed by atoms with Gasteiger partial charge in [-0.05, 0) is 0 Å². The molecule has 0 aliphatic heterocycles. The molecule has 0 unspecified atom stereocenters. The molecule has 0 spiro atoms. The van der Waals surface area contributed by atoms with Crippen LogP contribution in [0.3, 0.4) is 0 Å². The molecule has 0 aromatic carbocycles. The second kappa shape index (κ2) is 4.58. The standard InChI is InChI=1S/C3H7ClO2Si/c1-5-3(6-2)7-4/h3H,1-2H3. The molecule has 0 aromatic heterocycles. The summed E-state index contributed by atoms with van der Waals surface area (Å²) in [7, 11) is 3.29. The second-order valence-electron chi connectivity index (χ2n) is 0.912. The van der Waals surface area contributed by atoms with Gasteiger partial charge in [0.25, 0.3) is 0 Å². The van der Waals surface area contributed by atoms with Crippen LogP contribution in [0.1, 0.15) is 0 Å². The SMILES string of the molecule is COC(OC)[Si]Cl. The van der Waals surface area contributed by atoms with Crippen LogP contribution in [0, 0.1) is 0 Å². The third-order valence-electron chi connectivity index (χ3n) is 0.517. The van der Waals surface area contributed by atoms with E-state index in [1.807, 2.05) is 0 Å². The number of hydrogen-bond donors (Lipinski definition) is 0. The zero-order valence-electron chi connectivity index (χ0n) is 4.27. The van der Waals surface area contributed by atoms with Crippen LogP contribution in [0.5, 0.6) is 0 Å². The van der Waals surface area contributed by atoms with Crippen LogP contribution in [0.4, 0.5) is 0 Å². The molecule has 2 radical (unpaired) electrons. The predicted molar refractivity (Wildman–Crippen MR) is 29.4 cm³/mol. The molecular formula is C3H7ClO2Si. The Hall–Kier alpha value is 0.427. The van der Waals surface area contributed by atoms with Crippen LogP contribution in [0.2, 0.25) is 0 Å². The Morgan fingerprint density at radius 3 is 1.86 bits per heavy atom. The molecule has 0 aliphatic rings. The molecule has 0 fully saturated rings. The molecule has 2 nitrogen and oxygen atoms in total. The summed E-state index contributed by atoms with van der Waals surface area (Å²) in [6, 6.07) is 0. The Labute approximate surface area is 50.3 Å². The zero-order chi connectivity index (χ0) is 5.70. The van der Waals surface area contributed by atoms with Crippen molar-refractivity contribution in [1.29, 1.82) is 0 Å². The first kappa shape index (κ1) is 7.43. The Morgan fingerprint density at radius 1 is 1.43 bits per heavy atom. The molecule has 0 atom stereocenters. The van der Waals surface area contributed by atoms with E-state index in [2.05, 4.69) is 0 Å². The van der Waals surface area contributed by atoms with Gasteiger partial charge >= 0.3 is 0 Å². The van der Waals surface area contributed by atoms with Crippen LogP contribution < -0.4 is 0 Å². The fraction of sp³-hybridized carbons (Fsp3) is 1.00. The number of rotatable bonds is 3. The molecule has 7 heavy (non-hydrogen) atoms. The van der Waals surface area contributed by atoms with Crippen molar-refractivity contribution in [2.75, 3.05) is 14.2 Å². The highest BCUT2D eigenvalue weighted by Crippen LogP contribution is 1.88. The van der Waals surface area contributed by atoms with Gasteiger partial charge in [0.2, 0.25) is 8.83 Å². The van der Waals surface area contributed by atoms with Crippen molar-refractivity contribution in [2.45, 2.75) is 5.91 Å². The normalized spacial score (nSPS) is 10.3. The Balaban J connectivity index is 2.99. The van der Waals surface area contributed by atoms with Crippen LogP contribution in [-0.4, -0.2) is 29.0 Å². The lowest BCUT2D eigenvalue weighted by Gasteiger charge is -2.05. The molecule has 0 rings (SSSR count). The van der Waals surface area contributed by atoms with E-state index in [-0.39, 0.29) is 14.7 Å². The van der Waals surface area contributed by atoms with Gasteiger partial charge in [-0.1, -0.05) is 0 Å². The van der Waals surface area contributed by atoms with Gasteiger partial charge in [-0.2, -0.15) is 11.1 Å². The van der Waals surface area contributed by atoms with Crippen LogP contribution in [-0.2, 0) is 9.47 Å². The third kappa shape index (κ3) is 3.05. The highest BCUT2D eigenvalue weighted by molar-refractivity contribution is 6.94. The summed E-state index contributed by atoms with van der Waals surface area (Å²) in [5, 5.41) is 0. The van der Waals surface area contributed by atoms with Crippen molar-refractivity contribution in [3.05, 3.63) is 0 Å². The second-order valence-corrected chi connectivity index (χ2v) is 2.26.